The summed E-state index contributed by atoms with van der Waals surface area (Å²) in [6, 6.07) is 0.0570. The largest absolute Gasteiger partial charge is 0.391 e. The van der Waals surface area contributed by atoms with E-state index in [0.717, 1.165) is 13.1 Å². The van der Waals surface area contributed by atoms with E-state index < -0.39 is 0 Å². The lowest BCUT2D eigenvalue weighted by Gasteiger charge is -2.25. The molecule has 0 radical (unpaired) electrons. The molecular formula is C9H18N2O2. The second-order valence-electron chi connectivity index (χ2n) is 3.34. The average molecular weight is 186 g/mol. The number of likely N-dealkylation sites (tertiary alicyclic amines) is 1. The van der Waals surface area contributed by atoms with Crippen molar-refractivity contribution in [2.75, 3.05) is 26.2 Å². The number of hydrogen-bond donors (Lipinski definition) is 1. The second kappa shape index (κ2) is 4.46. The summed E-state index contributed by atoms with van der Waals surface area (Å²) in [5, 5.41) is 9.26. The highest BCUT2D eigenvalue weighted by Gasteiger charge is 2.26. The fraction of sp³-hybridized carbons (Fsp3) is 0.889. The number of urea groups is 1. The molecule has 4 heteroatoms. The van der Waals surface area contributed by atoms with Crippen LogP contribution in [0.4, 0.5) is 4.79 Å². The SMILES string of the molecule is CCN(CC)C(=O)N1CCC(O)C1. The number of aliphatic hydroxyl groups excluding tert-OH is 1. The van der Waals surface area contributed by atoms with E-state index in [9.17, 15) is 9.90 Å². The van der Waals surface area contributed by atoms with Crippen molar-refractivity contribution < 1.29 is 9.90 Å². The van der Waals surface area contributed by atoms with Gasteiger partial charge >= 0.3 is 6.03 Å². The standard InChI is InChI=1S/C9H18N2O2/c1-3-10(4-2)9(13)11-6-5-8(12)7-11/h8,12H,3-7H2,1-2H3. The lowest BCUT2D eigenvalue weighted by molar-refractivity contribution is 0.149. The monoisotopic (exact) mass is 186 g/mol. The van der Waals surface area contributed by atoms with Crippen molar-refractivity contribution in [2.45, 2.75) is 26.4 Å². The number of carbonyl (C=O) groups excluding carboxylic acids is 1. The van der Waals surface area contributed by atoms with Crippen LogP contribution in [0.5, 0.6) is 0 Å². The Kier molecular flexibility index (Phi) is 3.54. The lowest BCUT2D eigenvalue weighted by atomic mass is 10.3. The normalized spacial score (nSPS) is 22.1. The molecule has 2 amide bonds. The molecule has 0 aromatic heterocycles. The lowest BCUT2D eigenvalue weighted by Crippen LogP contribution is -2.42. The summed E-state index contributed by atoms with van der Waals surface area (Å²) in [5.74, 6) is 0. The molecule has 1 atom stereocenters. The summed E-state index contributed by atoms with van der Waals surface area (Å²) < 4.78 is 0. The topological polar surface area (TPSA) is 43.8 Å². The van der Waals surface area contributed by atoms with Gasteiger partial charge in [0.1, 0.15) is 0 Å². The number of aliphatic hydroxyl groups is 1. The molecule has 13 heavy (non-hydrogen) atoms. The van der Waals surface area contributed by atoms with Crippen molar-refractivity contribution in [3.8, 4) is 0 Å². The van der Waals surface area contributed by atoms with Crippen LogP contribution in [0, 0.1) is 0 Å². The zero-order valence-corrected chi connectivity index (χ0v) is 8.36. The summed E-state index contributed by atoms with van der Waals surface area (Å²) >= 11 is 0. The molecule has 0 spiro atoms. The van der Waals surface area contributed by atoms with Gasteiger partial charge in [0.05, 0.1) is 6.10 Å². The van der Waals surface area contributed by atoms with E-state index in [1.165, 1.54) is 0 Å². The molecule has 0 aromatic carbocycles. The van der Waals surface area contributed by atoms with Gasteiger partial charge in [-0.2, -0.15) is 0 Å². The number of β-amino-alcohol motifs (C(OH)–C–C–N with tert-alkyl or cyclic N) is 1. The molecule has 1 aliphatic heterocycles. The number of rotatable bonds is 2. The Bertz CT molecular complexity index is 180. The molecule has 0 aliphatic carbocycles. The summed E-state index contributed by atoms with van der Waals surface area (Å²) in [7, 11) is 0. The Morgan fingerprint density at radius 3 is 2.54 bits per heavy atom. The third-order valence-electron chi connectivity index (χ3n) is 2.47. The first-order valence-corrected chi connectivity index (χ1v) is 4.91. The van der Waals surface area contributed by atoms with Crippen LogP contribution in [0.25, 0.3) is 0 Å². The van der Waals surface area contributed by atoms with Gasteiger partial charge in [-0.1, -0.05) is 0 Å². The number of hydrogen-bond acceptors (Lipinski definition) is 2. The van der Waals surface area contributed by atoms with E-state index in [1.54, 1.807) is 9.80 Å². The molecule has 0 bridgehead atoms. The van der Waals surface area contributed by atoms with E-state index in [4.69, 9.17) is 0 Å². The molecule has 1 saturated heterocycles. The fourth-order valence-electron chi connectivity index (χ4n) is 1.61. The molecule has 4 nitrogen and oxygen atoms in total. The molecular weight excluding hydrogens is 168 g/mol. The van der Waals surface area contributed by atoms with Gasteiger partial charge in [0.25, 0.3) is 0 Å². The van der Waals surface area contributed by atoms with E-state index in [2.05, 4.69) is 0 Å². The number of nitrogens with zero attached hydrogens (tertiary/aromatic N) is 2. The first-order valence-electron chi connectivity index (χ1n) is 4.91. The van der Waals surface area contributed by atoms with Crippen molar-refractivity contribution in [3.05, 3.63) is 0 Å². The van der Waals surface area contributed by atoms with Crippen LogP contribution in [0.15, 0.2) is 0 Å². The van der Waals surface area contributed by atoms with Gasteiger partial charge in [-0.3, -0.25) is 0 Å². The summed E-state index contributed by atoms with van der Waals surface area (Å²) in [6.45, 7) is 6.59. The molecule has 1 N–H and O–H groups in total. The average Bonchev–Trinajstić information content (AvgIpc) is 2.54. The number of amides is 2. The van der Waals surface area contributed by atoms with Gasteiger partial charge in [0.15, 0.2) is 0 Å². The maximum Gasteiger partial charge on any atom is 0.320 e. The zero-order chi connectivity index (χ0) is 9.84. The summed E-state index contributed by atoms with van der Waals surface area (Å²) in [6.07, 6.45) is 0.395. The minimum atomic E-state index is -0.320. The molecule has 1 aliphatic rings. The van der Waals surface area contributed by atoms with Crippen molar-refractivity contribution >= 4 is 6.03 Å². The minimum Gasteiger partial charge on any atom is -0.391 e. The maximum absolute atomic E-state index is 11.7. The smallest absolute Gasteiger partial charge is 0.320 e. The zero-order valence-electron chi connectivity index (χ0n) is 8.36. The Morgan fingerprint density at radius 2 is 2.15 bits per heavy atom. The first kappa shape index (κ1) is 10.3. The Morgan fingerprint density at radius 1 is 1.54 bits per heavy atom. The van der Waals surface area contributed by atoms with Crippen LogP contribution in [0.2, 0.25) is 0 Å². The molecule has 1 rings (SSSR count). The fourth-order valence-corrected chi connectivity index (χ4v) is 1.61. The van der Waals surface area contributed by atoms with Crippen molar-refractivity contribution in [3.63, 3.8) is 0 Å². The van der Waals surface area contributed by atoms with Gasteiger partial charge < -0.3 is 14.9 Å². The predicted octanol–water partition coefficient (Wildman–Crippen LogP) is 0.515. The maximum atomic E-state index is 11.7. The van der Waals surface area contributed by atoms with E-state index in [0.29, 0.717) is 19.5 Å². The van der Waals surface area contributed by atoms with E-state index in [1.807, 2.05) is 13.8 Å². The van der Waals surface area contributed by atoms with Crippen LogP contribution >= 0.6 is 0 Å². The van der Waals surface area contributed by atoms with Crippen LogP contribution < -0.4 is 0 Å². The van der Waals surface area contributed by atoms with Crippen LogP contribution in [0.3, 0.4) is 0 Å². The van der Waals surface area contributed by atoms with Crippen molar-refractivity contribution in [2.24, 2.45) is 0 Å². The predicted molar refractivity (Wildman–Crippen MR) is 50.5 cm³/mol. The molecule has 0 aromatic rings. The third kappa shape index (κ3) is 2.34. The Balaban J connectivity index is 2.47. The Hall–Kier alpha value is -0.770. The first-order chi connectivity index (χ1) is 6.19. The van der Waals surface area contributed by atoms with Crippen LogP contribution in [0.1, 0.15) is 20.3 Å². The van der Waals surface area contributed by atoms with Gasteiger partial charge in [0.2, 0.25) is 0 Å². The highest BCUT2D eigenvalue weighted by molar-refractivity contribution is 5.74. The Labute approximate surface area is 79.1 Å². The quantitative estimate of drug-likeness (QED) is 0.683. The van der Waals surface area contributed by atoms with E-state index in [-0.39, 0.29) is 12.1 Å². The van der Waals surface area contributed by atoms with Gasteiger partial charge in [0, 0.05) is 26.2 Å². The molecule has 0 saturated carbocycles. The third-order valence-corrected chi connectivity index (χ3v) is 2.47. The van der Waals surface area contributed by atoms with Crippen LogP contribution in [-0.4, -0.2) is 53.2 Å². The summed E-state index contributed by atoms with van der Waals surface area (Å²) in [4.78, 5) is 15.2. The summed E-state index contributed by atoms with van der Waals surface area (Å²) in [5.41, 5.74) is 0. The minimum absolute atomic E-state index is 0.0570. The molecule has 1 heterocycles. The number of carbonyl (C=O) groups is 1. The van der Waals surface area contributed by atoms with Crippen LogP contribution in [-0.2, 0) is 0 Å². The molecule has 1 fully saturated rings. The highest BCUT2D eigenvalue weighted by atomic mass is 16.3. The molecule has 76 valence electrons. The van der Waals surface area contributed by atoms with E-state index >= 15 is 0 Å². The molecule has 1 unspecified atom stereocenters. The van der Waals surface area contributed by atoms with Gasteiger partial charge in [-0.05, 0) is 20.3 Å². The van der Waals surface area contributed by atoms with Crippen molar-refractivity contribution in [1.29, 1.82) is 0 Å². The highest BCUT2D eigenvalue weighted by Crippen LogP contribution is 2.11. The van der Waals surface area contributed by atoms with Crippen molar-refractivity contribution in [1.82, 2.24) is 9.80 Å². The van der Waals surface area contributed by atoms with Gasteiger partial charge in [-0.25, -0.2) is 4.79 Å². The van der Waals surface area contributed by atoms with Gasteiger partial charge in [-0.15, -0.1) is 0 Å². The second-order valence-corrected chi connectivity index (χ2v) is 3.34.